The van der Waals surface area contributed by atoms with Crippen molar-refractivity contribution in [1.29, 1.82) is 0 Å². The van der Waals surface area contributed by atoms with E-state index in [1.165, 1.54) is 12.1 Å². The van der Waals surface area contributed by atoms with Gasteiger partial charge in [-0.3, -0.25) is 0 Å². The van der Waals surface area contributed by atoms with Gasteiger partial charge in [-0.2, -0.15) is 0 Å². The van der Waals surface area contributed by atoms with E-state index in [0.29, 0.717) is 17.3 Å². The summed E-state index contributed by atoms with van der Waals surface area (Å²) in [6.07, 6.45) is 0.997. The summed E-state index contributed by atoms with van der Waals surface area (Å²) in [7, 11) is 0. The van der Waals surface area contributed by atoms with Gasteiger partial charge in [0.25, 0.3) is 0 Å². The molecule has 0 aliphatic carbocycles. The summed E-state index contributed by atoms with van der Waals surface area (Å²) in [6, 6.07) is 17.9. The van der Waals surface area contributed by atoms with Crippen LogP contribution in [0.15, 0.2) is 60.7 Å². The van der Waals surface area contributed by atoms with Crippen LogP contribution in [0.25, 0.3) is 11.4 Å². The molecule has 0 bridgehead atoms. The molecule has 0 amide bonds. The molecule has 4 nitrogen and oxygen atoms in total. The predicted molar refractivity (Wildman–Crippen MR) is 95.9 cm³/mol. The highest BCUT2D eigenvalue weighted by atomic mass is 19.1. The average Bonchev–Trinajstić information content (AvgIpc) is 2.60. The predicted octanol–water partition coefficient (Wildman–Crippen LogP) is 4.85. The molecule has 0 aliphatic rings. The minimum Gasteiger partial charge on any atom is -0.370 e. The molecule has 5 heteroatoms. The molecule has 1 aromatic heterocycles. The standard InChI is InChI=1S/C19H19FN4/c1-2-11-21-17-13-18(22-16-10-6-9-15(20)12-16)24-19(23-17)14-7-4-3-5-8-14/h3-10,12-13H,2,11H2,1H3,(H2,21,22,23,24). The van der Waals surface area contributed by atoms with Gasteiger partial charge in [-0.05, 0) is 24.6 Å². The summed E-state index contributed by atoms with van der Waals surface area (Å²) in [4.78, 5) is 9.12. The fourth-order valence-corrected chi connectivity index (χ4v) is 2.29. The quantitative estimate of drug-likeness (QED) is 0.681. The number of rotatable bonds is 6. The van der Waals surface area contributed by atoms with Gasteiger partial charge >= 0.3 is 0 Å². The summed E-state index contributed by atoms with van der Waals surface area (Å²) >= 11 is 0. The molecular formula is C19H19FN4. The fourth-order valence-electron chi connectivity index (χ4n) is 2.29. The lowest BCUT2D eigenvalue weighted by Crippen LogP contribution is -2.05. The number of hydrogen-bond acceptors (Lipinski definition) is 4. The summed E-state index contributed by atoms with van der Waals surface area (Å²) in [5, 5.41) is 6.42. The zero-order valence-corrected chi connectivity index (χ0v) is 13.5. The minimum absolute atomic E-state index is 0.290. The van der Waals surface area contributed by atoms with Gasteiger partial charge in [0.1, 0.15) is 17.5 Å². The highest BCUT2D eigenvalue weighted by Crippen LogP contribution is 2.23. The summed E-state index contributed by atoms with van der Waals surface area (Å²) in [5.41, 5.74) is 1.58. The normalized spacial score (nSPS) is 10.4. The van der Waals surface area contributed by atoms with Crippen molar-refractivity contribution in [3.8, 4) is 11.4 Å². The Morgan fingerprint density at radius 1 is 0.917 bits per heavy atom. The number of nitrogens with zero attached hydrogens (tertiary/aromatic N) is 2. The maximum absolute atomic E-state index is 13.4. The van der Waals surface area contributed by atoms with Crippen LogP contribution < -0.4 is 10.6 Å². The molecular weight excluding hydrogens is 303 g/mol. The lowest BCUT2D eigenvalue weighted by atomic mass is 10.2. The molecule has 0 spiro atoms. The third-order valence-corrected chi connectivity index (χ3v) is 3.41. The van der Waals surface area contributed by atoms with Crippen LogP contribution in [0.1, 0.15) is 13.3 Å². The molecule has 3 aromatic rings. The van der Waals surface area contributed by atoms with Crippen LogP contribution in [0.2, 0.25) is 0 Å². The first-order valence-electron chi connectivity index (χ1n) is 7.95. The smallest absolute Gasteiger partial charge is 0.163 e. The Labute approximate surface area is 140 Å². The maximum atomic E-state index is 13.4. The van der Waals surface area contributed by atoms with Gasteiger partial charge in [-0.25, -0.2) is 14.4 Å². The minimum atomic E-state index is -0.290. The lowest BCUT2D eigenvalue weighted by molar-refractivity contribution is 0.628. The maximum Gasteiger partial charge on any atom is 0.163 e. The van der Waals surface area contributed by atoms with Gasteiger partial charge in [0.2, 0.25) is 0 Å². The van der Waals surface area contributed by atoms with E-state index in [9.17, 15) is 4.39 Å². The van der Waals surface area contributed by atoms with E-state index in [4.69, 9.17) is 0 Å². The van der Waals surface area contributed by atoms with Gasteiger partial charge in [-0.15, -0.1) is 0 Å². The Morgan fingerprint density at radius 2 is 1.71 bits per heavy atom. The summed E-state index contributed by atoms with van der Waals surface area (Å²) < 4.78 is 13.4. The second kappa shape index (κ2) is 7.55. The van der Waals surface area contributed by atoms with E-state index < -0.39 is 0 Å². The highest BCUT2D eigenvalue weighted by Gasteiger charge is 2.07. The van der Waals surface area contributed by atoms with Crippen LogP contribution in [0, 0.1) is 5.82 Å². The second-order valence-corrected chi connectivity index (χ2v) is 5.39. The zero-order chi connectivity index (χ0) is 16.8. The third kappa shape index (κ3) is 4.07. The van der Waals surface area contributed by atoms with Crippen molar-refractivity contribution in [2.45, 2.75) is 13.3 Å². The first-order chi connectivity index (χ1) is 11.7. The number of benzene rings is 2. The van der Waals surface area contributed by atoms with Gasteiger partial charge in [0, 0.05) is 23.9 Å². The molecule has 24 heavy (non-hydrogen) atoms. The summed E-state index contributed by atoms with van der Waals surface area (Å²) in [5.74, 6) is 1.69. The SMILES string of the molecule is CCCNc1cc(Nc2cccc(F)c2)nc(-c2ccccc2)n1. The first-order valence-corrected chi connectivity index (χ1v) is 7.95. The van der Waals surface area contributed by atoms with Crippen molar-refractivity contribution in [2.75, 3.05) is 17.2 Å². The number of hydrogen-bond donors (Lipinski definition) is 2. The van der Waals surface area contributed by atoms with Crippen molar-refractivity contribution in [1.82, 2.24) is 9.97 Å². The van der Waals surface area contributed by atoms with Crippen molar-refractivity contribution in [3.05, 3.63) is 66.5 Å². The Balaban J connectivity index is 1.95. The van der Waals surface area contributed by atoms with Crippen molar-refractivity contribution in [2.24, 2.45) is 0 Å². The molecule has 0 fully saturated rings. The van der Waals surface area contributed by atoms with Gasteiger partial charge < -0.3 is 10.6 Å². The zero-order valence-electron chi connectivity index (χ0n) is 13.5. The van der Waals surface area contributed by atoms with Crippen LogP contribution in [-0.2, 0) is 0 Å². The van der Waals surface area contributed by atoms with Crippen LogP contribution in [0.5, 0.6) is 0 Å². The number of halogens is 1. The molecule has 3 rings (SSSR count). The van der Waals surface area contributed by atoms with Gasteiger partial charge in [0.05, 0.1) is 0 Å². The first kappa shape index (κ1) is 15.9. The highest BCUT2D eigenvalue weighted by molar-refractivity contribution is 5.65. The van der Waals surface area contributed by atoms with E-state index in [-0.39, 0.29) is 5.82 Å². The van der Waals surface area contributed by atoms with Crippen molar-refractivity contribution >= 4 is 17.3 Å². The van der Waals surface area contributed by atoms with Crippen LogP contribution in [0.3, 0.4) is 0 Å². The van der Waals surface area contributed by atoms with Crippen LogP contribution >= 0.6 is 0 Å². The molecule has 2 N–H and O–H groups in total. The average molecular weight is 322 g/mol. The topological polar surface area (TPSA) is 49.8 Å². The molecule has 1 heterocycles. The molecule has 0 atom stereocenters. The van der Waals surface area contributed by atoms with E-state index >= 15 is 0 Å². The Bertz CT molecular complexity index is 805. The molecule has 0 saturated heterocycles. The van der Waals surface area contributed by atoms with Crippen molar-refractivity contribution in [3.63, 3.8) is 0 Å². The molecule has 0 saturated carbocycles. The number of anilines is 3. The Hall–Kier alpha value is -2.95. The molecule has 0 aliphatic heterocycles. The van der Waals surface area contributed by atoms with E-state index in [2.05, 4.69) is 27.5 Å². The lowest BCUT2D eigenvalue weighted by Gasteiger charge is -2.11. The summed E-state index contributed by atoms with van der Waals surface area (Å²) in [6.45, 7) is 2.92. The van der Waals surface area contributed by atoms with Crippen LogP contribution in [-0.4, -0.2) is 16.5 Å². The number of nitrogens with one attached hydrogen (secondary N) is 2. The second-order valence-electron chi connectivity index (χ2n) is 5.39. The molecule has 0 unspecified atom stereocenters. The molecule has 0 radical (unpaired) electrons. The van der Waals surface area contributed by atoms with Crippen LogP contribution in [0.4, 0.5) is 21.7 Å². The Morgan fingerprint density at radius 3 is 2.46 bits per heavy atom. The Kier molecular flexibility index (Phi) is 5.01. The largest absolute Gasteiger partial charge is 0.370 e. The van der Waals surface area contributed by atoms with Gasteiger partial charge in [-0.1, -0.05) is 43.3 Å². The van der Waals surface area contributed by atoms with E-state index in [1.807, 2.05) is 36.4 Å². The van der Waals surface area contributed by atoms with Crippen molar-refractivity contribution < 1.29 is 4.39 Å². The molecule has 122 valence electrons. The fraction of sp³-hybridized carbons (Fsp3) is 0.158. The van der Waals surface area contributed by atoms with Gasteiger partial charge in [0.15, 0.2) is 5.82 Å². The third-order valence-electron chi connectivity index (χ3n) is 3.41. The van der Waals surface area contributed by atoms with E-state index in [0.717, 1.165) is 24.3 Å². The monoisotopic (exact) mass is 322 g/mol. The number of aromatic nitrogens is 2. The molecule has 2 aromatic carbocycles. The van der Waals surface area contributed by atoms with E-state index in [1.54, 1.807) is 12.1 Å².